The first-order valence-electron chi connectivity index (χ1n) is 17.1. The van der Waals surface area contributed by atoms with Crippen LogP contribution in [0.4, 0.5) is 0 Å². The maximum absolute atomic E-state index is 10.5. The van der Waals surface area contributed by atoms with Crippen LogP contribution in [0.1, 0.15) is 45.6 Å². The van der Waals surface area contributed by atoms with E-state index in [0.717, 1.165) is 22.3 Å². The molecule has 4 aromatic carbocycles. The van der Waals surface area contributed by atoms with Crippen LogP contribution in [0.25, 0.3) is 0 Å². The lowest BCUT2D eigenvalue weighted by atomic mass is 9.90. The maximum atomic E-state index is 10.5. The van der Waals surface area contributed by atoms with Gasteiger partial charge in [0.2, 0.25) is 6.79 Å². The van der Waals surface area contributed by atoms with Gasteiger partial charge in [-0.25, -0.2) is 0 Å². The molecule has 0 unspecified atom stereocenters. The van der Waals surface area contributed by atoms with Gasteiger partial charge in [-0.15, -0.1) is 0 Å². The van der Waals surface area contributed by atoms with Gasteiger partial charge in [-0.3, -0.25) is 0 Å². The Kier molecular flexibility index (Phi) is 12.9. The van der Waals surface area contributed by atoms with Crippen LogP contribution in [-0.2, 0) is 22.3 Å². The molecular weight excluding hydrogens is 731 g/mol. The molecule has 8 N–H and O–H groups in total. The van der Waals surface area contributed by atoms with Crippen molar-refractivity contribution in [3.8, 4) is 11.5 Å². The molecule has 0 aliphatic carbocycles. The highest BCUT2D eigenvalue weighted by Gasteiger charge is 2.45. The van der Waals surface area contributed by atoms with Crippen molar-refractivity contribution in [2.24, 2.45) is 0 Å². The zero-order valence-electron chi connectivity index (χ0n) is 28.4. The molecule has 2 aliphatic heterocycles. The third-order valence-electron chi connectivity index (χ3n) is 9.67. The predicted octanol–water partition coefficient (Wildman–Crippen LogP) is 2.62. The van der Waals surface area contributed by atoms with E-state index in [2.05, 4.69) is 0 Å². The van der Waals surface area contributed by atoms with Gasteiger partial charge in [-0.1, -0.05) is 71.7 Å². The van der Waals surface area contributed by atoms with Gasteiger partial charge in [0.15, 0.2) is 0 Å². The van der Waals surface area contributed by atoms with Gasteiger partial charge in [-0.05, 0) is 82.6 Å². The molecule has 0 radical (unpaired) electrons. The second kappa shape index (κ2) is 17.4. The molecule has 12 nitrogen and oxygen atoms in total. The number of aliphatic hydroxyl groups excluding tert-OH is 8. The average molecular weight is 774 g/mol. The summed E-state index contributed by atoms with van der Waals surface area (Å²) in [7, 11) is 0. The Labute approximate surface area is 315 Å². The van der Waals surface area contributed by atoms with Crippen molar-refractivity contribution in [2.75, 3.05) is 20.0 Å². The minimum Gasteiger partial charge on any atom is -0.458 e. The Morgan fingerprint density at radius 2 is 0.868 bits per heavy atom. The fourth-order valence-corrected chi connectivity index (χ4v) is 6.95. The molecule has 10 atom stereocenters. The highest BCUT2D eigenvalue weighted by molar-refractivity contribution is 6.31. The lowest BCUT2D eigenvalue weighted by Crippen LogP contribution is -2.55. The van der Waals surface area contributed by atoms with Gasteiger partial charge >= 0.3 is 0 Å². The van der Waals surface area contributed by atoms with Gasteiger partial charge in [0.25, 0.3) is 0 Å². The normalized spacial score (nSPS) is 28.8. The molecule has 0 saturated carbocycles. The molecule has 53 heavy (non-hydrogen) atoms. The fourth-order valence-electron chi connectivity index (χ4n) is 6.58. The van der Waals surface area contributed by atoms with E-state index in [9.17, 15) is 40.9 Å². The molecule has 2 aliphatic rings. The van der Waals surface area contributed by atoms with Crippen LogP contribution in [0.5, 0.6) is 11.5 Å². The standard InChI is InChI=1S/C39H42Cl2O12/c40-28-11-5-22(38-36(48)34(46)32(44)30(17-42)52-38)15-24(28)13-20-1-7-26(8-2-20)50-19-51-27-9-3-21(4-10-27)14-25-16-23(6-12-29(25)41)39-37(49)35(47)33(45)31(18-43)53-39/h1-12,15-16,30-39,42-49H,13-14,17-19H2/t30-,31-,32-,33-,34+,35+,36-,37-,38+,39+/m1/s1. The number of rotatable bonds is 12. The van der Waals surface area contributed by atoms with E-state index < -0.39 is 74.3 Å². The van der Waals surface area contributed by atoms with Crippen molar-refractivity contribution in [1.82, 2.24) is 0 Å². The number of aliphatic hydroxyl groups is 8. The zero-order chi connectivity index (χ0) is 37.8. The number of hydrogen-bond acceptors (Lipinski definition) is 12. The van der Waals surface area contributed by atoms with Gasteiger partial charge in [0.05, 0.1) is 13.2 Å². The van der Waals surface area contributed by atoms with Gasteiger partial charge in [0, 0.05) is 10.0 Å². The van der Waals surface area contributed by atoms with Crippen LogP contribution < -0.4 is 9.47 Å². The lowest BCUT2D eigenvalue weighted by molar-refractivity contribution is -0.231. The topological polar surface area (TPSA) is 199 Å². The summed E-state index contributed by atoms with van der Waals surface area (Å²) in [4.78, 5) is 0. The summed E-state index contributed by atoms with van der Waals surface area (Å²) in [6.07, 6.45) is -11.7. The minimum absolute atomic E-state index is 0.0430. The first-order chi connectivity index (χ1) is 25.5. The minimum atomic E-state index is -1.48. The van der Waals surface area contributed by atoms with E-state index in [1.165, 1.54) is 0 Å². The van der Waals surface area contributed by atoms with Gasteiger partial charge < -0.3 is 59.8 Å². The summed E-state index contributed by atoms with van der Waals surface area (Å²) < 4.78 is 23.0. The van der Waals surface area contributed by atoms with E-state index >= 15 is 0 Å². The molecule has 0 spiro atoms. The van der Waals surface area contributed by atoms with E-state index in [0.29, 0.717) is 45.5 Å². The first-order valence-corrected chi connectivity index (χ1v) is 17.8. The summed E-state index contributed by atoms with van der Waals surface area (Å²) in [6, 6.07) is 25.0. The zero-order valence-corrected chi connectivity index (χ0v) is 29.9. The Bertz CT molecular complexity index is 1670. The van der Waals surface area contributed by atoms with E-state index in [4.69, 9.17) is 42.1 Å². The average Bonchev–Trinajstić information content (AvgIpc) is 3.16. The summed E-state index contributed by atoms with van der Waals surface area (Å²) in [5.74, 6) is 1.17. The largest absolute Gasteiger partial charge is 0.458 e. The SMILES string of the molecule is OC[C@H]1O[C@@H](c2ccc(Cl)c(Cc3ccc(OCOc4ccc(Cc5cc([C@@H]6O[C@H](CO)[C@@H](O)[C@H](O)[C@H]6O)ccc5Cl)cc4)cc3)c2)[C@H](O)[C@@H](O)[C@@H]1O. The second-order valence-electron chi connectivity index (χ2n) is 13.2. The Morgan fingerprint density at radius 1 is 0.491 bits per heavy atom. The molecule has 284 valence electrons. The quantitative estimate of drug-likeness (QED) is 0.0982. The van der Waals surface area contributed by atoms with E-state index in [1.807, 2.05) is 24.3 Å². The van der Waals surface area contributed by atoms with Crippen molar-refractivity contribution in [2.45, 2.75) is 73.9 Å². The number of benzene rings is 4. The second-order valence-corrected chi connectivity index (χ2v) is 14.1. The van der Waals surface area contributed by atoms with E-state index in [1.54, 1.807) is 60.7 Å². The molecule has 4 aromatic rings. The number of hydrogen-bond donors (Lipinski definition) is 8. The molecule has 0 amide bonds. The van der Waals surface area contributed by atoms with Crippen molar-refractivity contribution < 1.29 is 59.8 Å². The summed E-state index contributed by atoms with van der Waals surface area (Å²) in [6.45, 7) is -1.07. The van der Waals surface area contributed by atoms with Gasteiger partial charge in [-0.2, -0.15) is 0 Å². The summed E-state index contributed by atoms with van der Waals surface area (Å²) in [5, 5.41) is 81.9. The molecule has 14 heteroatoms. The molecule has 2 fully saturated rings. The van der Waals surface area contributed by atoms with Crippen LogP contribution >= 0.6 is 23.2 Å². The fraction of sp³-hybridized carbons (Fsp3) is 0.385. The molecule has 0 bridgehead atoms. The summed E-state index contributed by atoms with van der Waals surface area (Å²) >= 11 is 13.0. The first kappa shape index (κ1) is 39.4. The summed E-state index contributed by atoms with van der Waals surface area (Å²) in [5.41, 5.74) is 4.48. The Balaban J connectivity index is 1.01. The maximum Gasteiger partial charge on any atom is 0.230 e. The Morgan fingerprint density at radius 3 is 1.23 bits per heavy atom. The monoisotopic (exact) mass is 772 g/mol. The third-order valence-corrected chi connectivity index (χ3v) is 10.4. The van der Waals surface area contributed by atoms with Crippen LogP contribution in [0, 0.1) is 0 Å². The number of halogens is 2. The van der Waals surface area contributed by atoms with Crippen molar-refractivity contribution in [1.29, 1.82) is 0 Å². The number of ether oxygens (including phenoxy) is 4. The highest BCUT2D eigenvalue weighted by atomic mass is 35.5. The molecule has 6 rings (SSSR count). The highest BCUT2D eigenvalue weighted by Crippen LogP contribution is 2.36. The Hall–Kier alpha value is -3.34. The van der Waals surface area contributed by atoms with Gasteiger partial charge in [0.1, 0.15) is 72.5 Å². The molecule has 0 aromatic heterocycles. The smallest absolute Gasteiger partial charge is 0.230 e. The van der Waals surface area contributed by atoms with Crippen LogP contribution in [0.3, 0.4) is 0 Å². The van der Waals surface area contributed by atoms with Crippen LogP contribution in [0.15, 0.2) is 84.9 Å². The van der Waals surface area contributed by atoms with E-state index in [-0.39, 0.29) is 6.79 Å². The van der Waals surface area contributed by atoms with Crippen molar-refractivity contribution >= 4 is 23.2 Å². The van der Waals surface area contributed by atoms with Crippen LogP contribution in [0.2, 0.25) is 10.0 Å². The van der Waals surface area contributed by atoms with Crippen LogP contribution in [-0.4, -0.2) is 110 Å². The predicted molar refractivity (Wildman–Crippen MR) is 193 cm³/mol. The third kappa shape index (κ3) is 8.97. The molecule has 2 saturated heterocycles. The molecule has 2 heterocycles. The van der Waals surface area contributed by atoms with Crippen molar-refractivity contribution in [3.63, 3.8) is 0 Å². The lowest BCUT2D eigenvalue weighted by Gasteiger charge is -2.40. The van der Waals surface area contributed by atoms with Crippen molar-refractivity contribution in [3.05, 3.63) is 128 Å². The molecular formula is C39H42Cl2O12.